The van der Waals surface area contributed by atoms with Crippen molar-refractivity contribution in [3.05, 3.63) is 35.5 Å². The van der Waals surface area contributed by atoms with Gasteiger partial charge in [-0.15, -0.1) is 0 Å². The summed E-state index contributed by atoms with van der Waals surface area (Å²) in [6.07, 6.45) is 2.47. The zero-order chi connectivity index (χ0) is 19.8. The number of aromatic nitrogens is 2. The van der Waals surface area contributed by atoms with E-state index in [4.69, 9.17) is 14.0 Å². The Morgan fingerprint density at radius 1 is 1.18 bits per heavy atom. The number of benzene rings is 1. The average Bonchev–Trinajstić information content (AvgIpc) is 3.34. The molecule has 2 heterocycles. The van der Waals surface area contributed by atoms with Crippen LogP contribution in [-0.2, 0) is 12.8 Å². The van der Waals surface area contributed by atoms with Crippen LogP contribution in [0.25, 0.3) is 0 Å². The maximum absolute atomic E-state index is 5.43. The number of rotatable bonds is 9. The molecule has 8 heteroatoms. The van der Waals surface area contributed by atoms with E-state index in [-0.39, 0.29) is 5.92 Å². The zero-order valence-corrected chi connectivity index (χ0v) is 16.8. The number of aliphatic imine (C=N–C) groups is 1. The van der Waals surface area contributed by atoms with Crippen LogP contribution in [0.4, 0.5) is 0 Å². The lowest BCUT2D eigenvalue weighted by Gasteiger charge is -2.11. The number of nitrogens with one attached hydrogen (secondary N) is 2. The number of hydrogen-bond donors (Lipinski definition) is 2. The highest BCUT2D eigenvalue weighted by molar-refractivity contribution is 5.79. The molecule has 0 atom stereocenters. The number of ether oxygens (including phenoxy) is 2. The standard InChI is InChI=1S/C20H29N5O3/c1-4-21-20(22-10-5-6-18-24-19(14(2)3)25-28-18)23-11-9-15-7-8-16-17(12-15)27-13-26-16/h7-8,12,14H,4-6,9-11,13H2,1-3H3,(H2,21,22,23). The molecule has 0 saturated heterocycles. The summed E-state index contributed by atoms with van der Waals surface area (Å²) in [5.41, 5.74) is 1.20. The minimum absolute atomic E-state index is 0.282. The minimum Gasteiger partial charge on any atom is -0.454 e. The molecule has 152 valence electrons. The molecule has 1 aromatic heterocycles. The SMILES string of the molecule is CCNC(=NCCCc1nc(C(C)C)no1)NCCc1ccc2c(c1)OCO2. The Kier molecular flexibility index (Phi) is 7.11. The van der Waals surface area contributed by atoms with Gasteiger partial charge in [-0.05, 0) is 37.5 Å². The maximum atomic E-state index is 5.43. The van der Waals surface area contributed by atoms with Crippen LogP contribution in [-0.4, -0.2) is 42.5 Å². The molecule has 8 nitrogen and oxygen atoms in total. The van der Waals surface area contributed by atoms with E-state index in [1.807, 2.05) is 12.1 Å². The van der Waals surface area contributed by atoms with Crippen LogP contribution in [0.15, 0.2) is 27.7 Å². The second kappa shape index (κ2) is 9.96. The van der Waals surface area contributed by atoms with Crippen molar-refractivity contribution < 1.29 is 14.0 Å². The minimum atomic E-state index is 0.282. The first kappa shape index (κ1) is 20.0. The molecule has 0 aliphatic carbocycles. The Balaban J connectivity index is 1.42. The van der Waals surface area contributed by atoms with Crippen LogP contribution in [0.1, 0.15) is 50.4 Å². The molecule has 1 aliphatic heterocycles. The summed E-state index contributed by atoms with van der Waals surface area (Å²) in [5.74, 6) is 4.17. The molecule has 2 aromatic rings. The smallest absolute Gasteiger partial charge is 0.231 e. The number of aryl methyl sites for hydroxylation is 1. The van der Waals surface area contributed by atoms with Crippen molar-refractivity contribution in [3.63, 3.8) is 0 Å². The fourth-order valence-corrected chi connectivity index (χ4v) is 2.79. The van der Waals surface area contributed by atoms with Gasteiger partial charge in [0, 0.05) is 32.0 Å². The molecule has 0 spiro atoms. The van der Waals surface area contributed by atoms with Crippen LogP contribution in [0.5, 0.6) is 11.5 Å². The van der Waals surface area contributed by atoms with Crippen LogP contribution >= 0.6 is 0 Å². The van der Waals surface area contributed by atoms with Crippen LogP contribution in [0.3, 0.4) is 0 Å². The van der Waals surface area contributed by atoms with Crippen molar-refractivity contribution >= 4 is 5.96 Å². The van der Waals surface area contributed by atoms with Gasteiger partial charge in [0.15, 0.2) is 23.3 Å². The lowest BCUT2D eigenvalue weighted by Crippen LogP contribution is -2.38. The van der Waals surface area contributed by atoms with E-state index in [0.717, 1.165) is 55.6 Å². The third kappa shape index (κ3) is 5.61. The quantitative estimate of drug-likeness (QED) is 0.388. The van der Waals surface area contributed by atoms with Crippen LogP contribution in [0.2, 0.25) is 0 Å². The van der Waals surface area contributed by atoms with Crippen molar-refractivity contribution in [2.75, 3.05) is 26.4 Å². The molecule has 0 radical (unpaired) electrons. The molecular formula is C20H29N5O3. The molecule has 0 saturated carbocycles. The largest absolute Gasteiger partial charge is 0.454 e. The zero-order valence-electron chi connectivity index (χ0n) is 16.8. The van der Waals surface area contributed by atoms with E-state index < -0.39 is 0 Å². The molecule has 0 unspecified atom stereocenters. The van der Waals surface area contributed by atoms with Gasteiger partial charge in [-0.1, -0.05) is 25.1 Å². The predicted octanol–water partition coefficient (Wildman–Crippen LogP) is 2.65. The lowest BCUT2D eigenvalue weighted by molar-refractivity contribution is 0.174. The van der Waals surface area contributed by atoms with Gasteiger partial charge in [0.2, 0.25) is 12.7 Å². The molecule has 3 rings (SSSR count). The van der Waals surface area contributed by atoms with Crippen LogP contribution < -0.4 is 20.1 Å². The molecule has 2 N–H and O–H groups in total. The van der Waals surface area contributed by atoms with E-state index >= 15 is 0 Å². The van der Waals surface area contributed by atoms with E-state index in [0.29, 0.717) is 19.2 Å². The molecule has 0 bridgehead atoms. The third-order valence-electron chi connectivity index (χ3n) is 4.31. The number of guanidine groups is 1. The van der Waals surface area contributed by atoms with Gasteiger partial charge in [0.05, 0.1) is 0 Å². The first-order chi connectivity index (χ1) is 13.7. The Labute approximate surface area is 165 Å². The van der Waals surface area contributed by atoms with Crippen molar-refractivity contribution in [1.29, 1.82) is 0 Å². The summed E-state index contributed by atoms with van der Waals surface area (Å²) in [6.45, 7) is 8.76. The Bertz CT molecular complexity index is 788. The van der Waals surface area contributed by atoms with Crippen molar-refractivity contribution in [3.8, 4) is 11.5 Å². The molecule has 0 amide bonds. The highest BCUT2D eigenvalue weighted by Crippen LogP contribution is 2.32. The van der Waals surface area contributed by atoms with Gasteiger partial charge < -0.3 is 24.6 Å². The van der Waals surface area contributed by atoms with E-state index in [1.165, 1.54) is 5.56 Å². The second-order valence-electron chi connectivity index (χ2n) is 6.93. The van der Waals surface area contributed by atoms with Crippen molar-refractivity contribution in [1.82, 2.24) is 20.8 Å². The van der Waals surface area contributed by atoms with Gasteiger partial charge in [0.25, 0.3) is 0 Å². The maximum Gasteiger partial charge on any atom is 0.231 e. The lowest BCUT2D eigenvalue weighted by atomic mass is 10.1. The van der Waals surface area contributed by atoms with Gasteiger partial charge in [-0.3, -0.25) is 4.99 Å². The first-order valence-electron chi connectivity index (χ1n) is 9.89. The normalized spacial score (nSPS) is 13.2. The monoisotopic (exact) mass is 387 g/mol. The van der Waals surface area contributed by atoms with Crippen molar-refractivity contribution in [2.24, 2.45) is 4.99 Å². The topological polar surface area (TPSA) is 93.8 Å². The Morgan fingerprint density at radius 2 is 2.04 bits per heavy atom. The summed E-state index contributed by atoms with van der Waals surface area (Å²) >= 11 is 0. The highest BCUT2D eigenvalue weighted by Gasteiger charge is 2.13. The fraction of sp³-hybridized carbons (Fsp3) is 0.550. The van der Waals surface area contributed by atoms with Crippen LogP contribution in [0, 0.1) is 0 Å². The van der Waals surface area contributed by atoms with E-state index in [1.54, 1.807) is 0 Å². The summed E-state index contributed by atoms with van der Waals surface area (Å²) in [7, 11) is 0. The summed E-state index contributed by atoms with van der Waals surface area (Å²) in [6, 6.07) is 6.05. The average molecular weight is 387 g/mol. The van der Waals surface area contributed by atoms with E-state index in [2.05, 4.69) is 52.6 Å². The molecular weight excluding hydrogens is 358 g/mol. The molecule has 28 heavy (non-hydrogen) atoms. The van der Waals surface area contributed by atoms with Gasteiger partial charge in [-0.25, -0.2) is 0 Å². The Hall–Kier alpha value is -2.77. The molecule has 0 fully saturated rings. The van der Waals surface area contributed by atoms with Gasteiger partial charge in [-0.2, -0.15) is 4.98 Å². The van der Waals surface area contributed by atoms with E-state index in [9.17, 15) is 0 Å². The van der Waals surface area contributed by atoms with Crippen molar-refractivity contribution in [2.45, 2.75) is 46.0 Å². The Morgan fingerprint density at radius 3 is 2.82 bits per heavy atom. The van der Waals surface area contributed by atoms with Gasteiger partial charge in [0.1, 0.15) is 0 Å². The second-order valence-corrected chi connectivity index (χ2v) is 6.93. The summed E-state index contributed by atoms with van der Waals surface area (Å²) in [4.78, 5) is 9.01. The van der Waals surface area contributed by atoms with Gasteiger partial charge >= 0.3 is 0 Å². The predicted molar refractivity (Wildman–Crippen MR) is 107 cm³/mol. The summed E-state index contributed by atoms with van der Waals surface area (Å²) in [5, 5.41) is 10.6. The number of hydrogen-bond acceptors (Lipinski definition) is 6. The molecule has 1 aliphatic rings. The fourth-order valence-electron chi connectivity index (χ4n) is 2.79. The highest BCUT2D eigenvalue weighted by atomic mass is 16.7. The number of nitrogens with zero attached hydrogens (tertiary/aromatic N) is 3. The number of fused-ring (bicyclic) bond motifs is 1. The first-order valence-corrected chi connectivity index (χ1v) is 9.89. The molecule has 1 aromatic carbocycles. The summed E-state index contributed by atoms with van der Waals surface area (Å²) < 4.78 is 16.0. The third-order valence-corrected chi connectivity index (χ3v) is 4.31.